The minimum atomic E-state index is -4.40. The molecule has 1 aromatic heterocycles. The zero-order valence-electron chi connectivity index (χ0n) is 16.2. The number of aromatic nitrogens is 1. The fraction of sp³-hybridized carbons (Fsp3) is 0.182. The third kappa shape index (κ3) is 5.08. The Labute approximate surface area is 170 Å². The first kappa shape index (κ1) is 21.2. The molecule has 30 heavy (non-hydrogen) atoms. The van der Waals surface area contributed by atoms with Crippen molar-refractivity contribution in [2.24, 2.45) is 0 Å². The lowest BCUT2D eigenvalue weighted by molar-refractivity contribution is -0.137. The number of aliphatic carboxylic acids is 1. The summed E-state index contributed by atoms with van der Waals surface area (Å²) in [6.45, 7) is 3.64. The molecule has 0 aliphatic heterocycles. The highest BCUT2D eigenvalue weighted by Crippen LogP contribution is 2.31. The van der Waals surface area contributed by atoms with E-state index in [2.05, 4.69) is 4.98 Å². The van der Waals surface area contributed by atoms with Crippen LogP contribution >= 0.6 is 0 Å². The number of rotatable bonds is 6. The summed E-state index contributed by atoms with van der Waals surface area (Å²) in [4.78, 5) is 14.9. The van der Waals surface area contributed by atoms with E-state index in [1.807, 2.05) is 6.92 Å². The third-order valence-corrected chi connectivity index (χ3v) is 4.37. The van der Waals surface area contributed by atoms with E-state index < -0.39 is 17.7 Å². The molecule has 0 bridgehead atoms. The number of alkyl halides is 3. The molecule has 0 saturated heterocycles. The number of oxazole rings is 1. The van der Waals surface area contributed by atoms with Crippen LogP contribution in [0.15, 0.2) is 53.0 Å². The van der Waals surface area contributed by atoms with Gasteiger partial charge in [0.15, 0.2) is 5.76 Å². The molecule has 0 saturated carbocycles. The van der Waals surface area contributed by atoms with Crippen LogP contribution in [0.4, 0.5) is 13.2 Å². The van der Waals surface area contributed by atoms with Gasteiger partial charge < -0.3 is 14.3 Å². The third-order valence-electron chi connectivity index (χ3n) is 4.37. The van der Waals surface area contributed by atoms with Crippen molar-refractivity contribution in [1.82, 2.24) is 4.98 Å². The van der Waals surface area contributed by atoms with E-state index in [9.17, 15) is 18.0 Å². The molecule has 1 heterocycles. The van der Waals surface area contributed by atoms with Crippen LogP contribution in [0, 0.1) is 13.8 Å². The van der Waals surface area contributed by atoms with Crippen LogP contribution in [-0.4, -0.2) is 16.1 Å². The second-order valence-corrected chi connectivity index (χ2v) is 6.58. The van der Waals surface area contributed by atoms with E-state index in [-0.39, 0.29) is 12.5 Å². The Hall–Kier alpha value is -3.55. The molecular weight excluding hydrogens is 399 g/mol. The zero-order chi connectivity index (χ0) is 21.9. The highest BCUT2D eigenvalue weighted by atomic mass is 19.4. The van der Waals surface area contributed by atoms with Gasteiger partial charge in [0.05, 0.1) is 11.3 Å². The largest absolute Gasteiger partial charge is 0.486 e. The Kier molecular flexibility index (Phi) is 5.96. The van der Waals surface area contributed by atoms with Gasteiger partial charge in [0.2, 0.25) is 5.89 Å². The van der Waals surface area contributed by atoms with E-state index >= 15 is 0 Å². The maximum absolute atomic E-state index is 12.7. The lowest BCUT2D eigenvalue weighted by atomic mass is 10.1. The van der Waals surface area contributed by atoms with Crippen molar-refractivity contribution in [2.75, 3.05) is 0 Å². The SMILES string of the molecule is Cc1cc(OCc2oc(-c3ccc(C(F)(F)F)cc3)nc2C)ccc1/C=C/C(=O)O. The molecule has 2 aromatic carbocycles. The average molecular weight is 417 g/mol. The minimum Gasteiger partial charge on any atom is -0.486 e. The first-order valence-electron chi connectivity index (χ1n) is 8.92. The average Bonchev–Trinajstić information content (AvgIpc) is 3.05. The number of hydrogen-bond acceptors (Lipinski definition) is 4. The summed E-state index contributed by atoms with van der Waals surface area (Å²) in [5.74, 6) is 0.203. The van der Waals surface area contributed by atoms with E-state index in [0.717, 1.165) is 29.3 Å². The highest BCUT2D eigenvalue weighted by Gasteiger charge is 2.30. The predicted octanol–water partition coefficient (Wildman–Crippen LogP) is 5.65. The van der Waals surface area contributed by atoms with Gasteiger partial charge in [-0.3, -0.25) is 0 Å². The number of carboxylic acid groups (broad SMARTS) is 1. The molecular formula is C22H18F3NO4. The topological polar surface area (TPSA) is 72.6 Å². The summed E-state index contributed by atoms with van der Waals surface area (Å²) in [6.07, 6.45) is -1.84. The summed E-state index contributed by atoms with van der Waals surface area (Å²) < 4.78 is 49.5. The summed E-state index contributed by atoms with van der Waals surface area (Å²) in [5, 5.41) is 8.71. The van der Waals surface area contributed by atoms with Crippen LogP contribution < -0.4 is 4.74 Å². The van der Waals surface area contributed by atoms with Gasteiger partial charge in [-0.15, -0.1) is 0 Å². The first-order valence-corrected chi connectivity index (χ1v) is 8.92. The molecule has 0 aliphatic carbocycles. The van der Waals surface area contributed by atoms with Gasteiger partial charge in [-0.1, -0.05) is 6.07 Å². The standard InChI is InChI=1S/C22H18F3NO4/c1-13-11-18(9-5-15(13)6-10-20(27)28)29-12-19-14(2)26-21(30-19)16-3-7-17(8-4-16)22(23,24)25/h3-11H,12H2,1-2H3,(H,27,28)/b10-6+. The van der Waals surface area contributed by atoms with Gasteiger partial charge in [-0.05, 0) is 67.4 Å². The van der Waals surface area contributed by atoms with Crippen molar-refractivity contribution >= 4 is 12.0 Å². The lowest BCUT2D eigenvalue weighted by Gasteiger charge is -2.07. The lowest BCUT2D eigenvalue weighted by Crippen LogP contribution is -2.03. The van der Waals surface area contributed by atoms with Crippen LogP contribution in [-0.2, 0) is 17.6 Å². The quantitative estimate of drug-likeness (QED) is 0.525. The molecule has 1 N–H and O–H groups in total. The predicted molar refractivity (Wildman–Crippen MR) is 104 cm³/mol. The van der Waals surface area contributed by atoms with Gasteiger partial charge in [0, 0.05) is 11.6 Å². The summed E-state index contributed by atoms with van der Waals surface area (Å²) in [7, 11) is 0. The molecule has 0 aliphatic rings. The second-order valence-electron chi connectivity index (χ2n) is 6.58. The number of aryl methyl sites for hydroxylation is 2. The van der Waals surface area contributed by atoms with E-state index in [1.165, 1.54) is 18.2 Å². The van der Waals surface area contributed by atoms with E-state index in [1.54, 1.807) is 25.1 Å². The highest BCUT2D eigenvalue weighted by molar-refractivity contribution is 5.85. The van der Waals surface area contributed by atoms with Crippen molar-refractivity contribution in [1.29, 1.82) is 0 Å². The van der Waals surface area contributed by atoms with Gasteiger partial charge in [-0.25, -0.2) is 9.78 Å². The Morgan fingerprint density at radius 2 is 1.87 bits per heavy atom. The Morgan fingerprint density at radius 3 is 2.47 bits per heavy atom. The minimum absolute atomic E-state index is 0.0865. The van der Waals surface area contributed by atoms with E-state index in [0.29, 0.717) is 22.8 Å². The van der Waals surface area contributed by atoms with Crippen LogP contribution in [0.3, 0.4) is 0 Å². The summed E-state index contributed by atoms with van der Waals surface area (Å²) >= 11 is 0. The summed E-state index contributed by atoms with van der Waals surface area (Å²) in [5.41, 5.74) is 1.86. The Bertz CT molecular complexity index is 1080. The molecule has 8 heteroatoms. The van der Waals surface area contributed by atoms with E-state index in [4.69, 9.17) is 14.3 Å². The molecule has 0 atom stereocenters. The number of carbonyl (C=O) groups is 1. The number of halogens is 3. The van der Waals surface area contributed by atoms with Gasteiger partial charge in [0.25, 0.3) is 0 Å². The van der Waals surface area contributed by atoms with Crippen LogP contribution in [0.5, 0.6) is 5.75 Å². The van der Waals surface area contributed by atoms with Crippen LogP contribution in [0.25, 0.3) is 17.5 Å². The molecule has 0 amide bonds. The molecule has 0 fully saturated rings. The van der Waals surface area contributed by atoms with Crippen molar-refractivity contribution in [2.45, 2.75) is 26.6 Å². The van der Waals surface area contributed by atoms with Gasteiger partial charge in [0.1, 0.15) is 12.4 Å². The van der Waals surface area contributed by atoms with Gasteiger partial charge in [-0.2, -0.15) is 13.2 Å². The molecule has 0 spiro atoms. The van der Waals surface area contributed by atoms with Crippen molar-refractivity contribution < 1.29 is 32.2 Å². The van der Waals surface area contributed by atoms with Crippen LogP contribution in [0.1, 0.15) is 28.1 Å². The zero-order valence-corrected chi connectivity index (χ0v) is 16.2. The Morgan fingerprint density at radius 1 is 1.17 bits per heavy atom. The number of carboxylic acids is 1. The molecule has 5 nitrogen and oxygen atoms in total. The number of nitrogens with zero attached hydrogens (tertiary/aromatic N) is 1. The summed E-state index contributed by atoms with van der Waals surface area (Å²) in [6, 6.07) is 9.80. The maximum Gasteiger partial charge on any atom is 0.416 e. The maximum atomic E-state index is 12.7. The second kappa shape index (κ2) is 8.44. The Balaban J connectivity index is 1.71. The monoisotopic (exact) mass is 417 g/mol. The van der Waals surface area contributed by atoms with Gasteiger partial charge >= 0.3 is 12.1 Å². The molecule has 156 valence electrons. The molecule has 0 unspecified atom stereocenters. The number of benzene rings is 2. The van der Waals surface area contributed by atoms with Crippen molar-refractivity contribution in [3.8, 4) is 17.2 Å². The smallest absolute Gasteiger partial charge is 0.416 e. The van der Waals surface area contributed by atoms with Crippen LogP contribution in [0.2, 0.25) is 0 Å². The normalized spacial score (nSPS) is 11.8. The molecule has 3 aromatic rings. The fourth-order valence-electron chi connectivity index (χ4n) is 2.72. The molecule has 0 radical (unpaired) electrons. The van der Waals surface area contributed by atoms with Crippen molar-refractivity contribution in [3.05, 3.63) is 76.7 Å². The first-order chi connectivity index (χ1) is 14.1. The number of ether oxygens (including phenoxy) is 1. The van der Waals surface area contributed by atoms with Crippen molar-refractivity contribution in [3.63, 3.8) is 0 Å². The molecule has 3 rings (SSSR count). The number of hydrogen-bond donors (Lipinski definition) is 1. The fourth-order valence-corrected chi connectivity index (χ4v) is 2.72.